The normalized spacial score (nSPS) is 13.0. The van der Waals surface area contributed by atoms with Crippen LogP contribution in [0, 0.1) is 0 Å². The number of carbonyl (C=O) groups is 1. The number of halogens is 1. The summed E-state index contributed by atoms with van der Waals surface area (Å²) in [5, 5.41) is 0. The molecule has 5 nitrogen and oxygen atoms in total. The fourth-order valence-corrected chi connectivity index (χ4v) is 2.28. The summed E-state index contributed by atoms with van der Waals surface area (Å²) in [5.41, 5.74) is 7.27. The van der Waals surface area contributed by atoms with Crippen LogP contribution in [0.4, 0.5) is 4.39 Å². The third-order valence-corrected chi connectivity index (χ3v) is 3.64. The first-order valence-corrected chi connectivity index (χ1v) is 7.97. The number of nitrogens with two attached hydrogens (primary N) is 1. The van der Waals surface area contributed by atoms with E-state index in [1.807, 2.05) is 30.3 Å². The molecule has 0 aromatic heterocycles. The molecule has 25 heavy (non-hydrogen) atoms. The molecule has 0 amide bonds. The molecule has 6 heteroatoms. The van der Waals surface area contributed by atoms with Crippen molar-refractivity contribution < 1.29 is 23.4 Å². The first kappa shape index (κ1) is 18.7. The Balaban J connectivity index is 2.11. The summed E-state index contributed by atoms with van der Waals surface area (Å²) in [5.74, 6) is -0.0489. The van der Waals surface area contributed by atoms with Crippen molar-refractivity contribution >= 4 is 5.97 Å². The molecular weight excluding hydrogens is 325 g/mol. The Morgan fingerprint density at radius 3 is 2.52 bits per heavy atom. The van der Waals surface area contributed by atoms with Gasteiger partial charge in [0, 0.05) is 0 Å². The minimum absolute atomic E-state index is 0.0988. The molecule has 1 unspecified atom stereocenters. The van der Waals surface area contributed by atoms with Crippen LogP contribution in [0.3, 0.4) is 0 Å². The Bertz CT molecular complexity index is 693. The molecule has 0 heterocycles. The van der Waals surface area contributed by atoms with E-state index in [2.05, 4.69) is 4.74 Å². The molecule has 0 aliphatic carbocycles. The molecule has 0 bridgehead atoms. The minimum Gasteiger partial charge on any atom is -0.493 e. The summed E-state index contributed by atoms with van der Waals surface area (Å²) in [6.07, 6.45) is -1.94. The third kappa shape index (κ3) is 4.93. The second-order valence-electron chi connectivity index (χ2n) is 5.36. The fraction of sp³-hybridized carbons (Fsp3) is 0.316. The van der Waals surface area contributed by atoms with E-state index in [-0.39, 0.29) is 6.61 Å². The van der Waals surface area contributed by atoms with E-state index in [0.29, 0.717) is 23.7 Å². The topological polar surface area (TPSA) is 70.8 Å². The minimum atomic E-state index is -1.94. The Morgan fingerprint density at radius 1 is 1.16 bits per heavy atom. The number of methoxy groups -OCH3 is 1. The first-order chi connectivity index (χ1) is 12.1. The lowest BCUT2D eigenvalue weighted by Crippen LogP contribution is -2.31. The van der Waals surface area contributed by atoms with Gasteiger partial charge in [0.05, 0.1) is 19.8 Å². The molecule has 2 aromatic rings. The van der Waals surface area contributed by atoms with Crippen LogP contribution in [0.15, 0.2) is 48.5 Å². The van der Waals surface area contributed by atoms with Gasteiger partial charge in [-0.1, -0.05) is 36.4 Å². The summed E-state index contributed by atoms with van der Waals surface area (Å²) in [4.78, 5) is 11.5. The molecule has 0 aliphatic heterocycles. The fourth-order valence-electron chi connectivity index (χ4n) is 2.28. The van der Waals surface area contributed by atoms with Crippen molar-refractivity contribution in [2.45, 2.75) is 25.7 Å². The molecule has 0 aliphatic rings. The van der Waals surface area contributed by atoms with Crippen molar-refractivity contribution in [2.24, 2.45) is 5.73 Å². The van der Waals surface area contributed by atoms with Gasteiger partial charge >= 0.3 is 5.97 Å². The lowest BCUT2D eigenvalue weighted by Gasteiger charge is -2.18. The molecule has 0 radical (unpaired) electrons. The van der Waals surface area contributed by atoms with Gasteiger partial charge in [-0.25, -0.2) is 9.18 Å². The van der Waals surface area contributed by atoms with Crippen LogP contribution in [0.5, 0.6) is 11.5 Å². The number of carbonyl (C=O) groups excluding carboxylic acids is 1. The van der Waals surface area contributed by atoms with Crippen LogP contribution in [0.2, 0.25) is 0 Å². The Morgan fingerprint density at radius 2 is 1.88 bits per heavy atom. The summed E-state index contributed by atoms with van der Waals surface area (Å²) in [7, 11) is 1.48. The predicted molar refractivity (Wildman–Crippen MR) is 92.2 cm³/mol. The van der Waals surface area contributed by atoms with Gasteiger partial charge in [0.2, 0.25) is 6.17 Å². The molecule has 0 saturated carbocycles. The van der Waals surface area contributed by atoms with Crippen molar-refractivity contribution in [1.82, 2.24) is 0 Å². The largest absolute Gasteiger partial charge is 0.493 e. The molecule has 2 rings (SSSR count). The summed E-state index contributed by atoms with van der Waals surface area (Å²) < 4.78 is 29.8. The summed E-state index contributed by atoms with van der Waals surface area (Å²) >= 11 is 0. The van der Waals surface area contributed by atoms with Crippen LogP contribution in [0.25, 0.3) is 0 Å². The van der Waals surface area contributed by atoms with Gasteiger partial charge in [-0.2, -0.15) is 0 Å². The number of rotatable bonds is 8. The molecule has 0 fully saturated rings. The lowest BCUT2D eigenvalue weighted by molar-refractivity contribution is -0.149. The van der Waals surface area contributed by atoms with Gasteiger partial charge in [0.15, 0.2) is 11.5 Å². The molecule has 0 spiro atoms. The zero-order valence-corrected chi connectivity index (χ0v) is 14.3. The highest BCUT2D eigenvalue weighted by Gasteiger charge is 2.28. The standard InChI is InChI=1S/C19H22FNO4/c1-3-24-19(22)17(20)18(21)14-9-10-15(16(11-14)23-2)25-12-13-7-5-4-6-8-13/h4-11,17-18H,3,12,21H2,1-2H3/t17?,18-/m0/s1. The van der Waals surface area contributed by atoms with Crippen molar-refractivity contribution in [2.75, 3.05) is 13.7 Å². The SMILES string of the molecule is CCOC(=O)C(F)[C@@H](N)c1ccc(OCc2ccccc2)c(OC)c1. The van der Waals surface area contributed by atoms with Gasteiger partial charge in [-0.3, -0.25) is 0 Å². The molecule has 0 saturated heterocycles. The van der Waals surface area contributed by atoms with E-state index in [1.54, 1.807) is 25.1 Å². The average molecular weight is 347 g/mol. The monoisotopic (exact) mass is 347 g/mol. The van der Waals surface area contributed by atoms with Crippen LogP contribution < -0.4 is 15.2 Å². The lowest BCUT2D eigenvalue weighted by atomic mass is 10.0. The maximum Gasteiger partial charge on any atom is 0.342 e. The summed E-state index contributed by atoms with van der Waals surface area (Å²) in [6, 6.07) is 13.4. The smallest absolute Gasteiger partial charge is 0.342 e. The number of hydrogen-bond acceptors (Lipinski definition) is 5. The van der Waals surface area contributed by atoms with Gasteiger partial charge in [0.1, 0.15) is 6.61 Å². The number of alkyl halides is 1. The Kier molecular flexibility index (Phi) is 6.77. The van der Waals surface area contributed by atoms with Gasteiger partial charge in [-0.15, -0.1) is 0 Å². The van der Waals surface area contributed by atoms with E-state index in [9.17, 15) is 9.18 Å². The quantitative estimate of drug-likeness (QED) is 0.743. The highest BCUT2D eigenvalue weighted by molar-refractivity contribution is 5.75. The Labute approximate surface area is 146 Å². The van der Waals surface area contributed by atoms with Crippen LogP contribution in [-0.4, -0.2) is 25.9 Å². The Hall–Kier alpha value is -2.60. The van der Waals surface area contributed by atoms with E-state index >= 15 is 0 Å². The zero-order valence-electron chi connectivity index (χ0n) is 14.3. The maximum atomic E-state index is 14.1. The van der Waals surface area contributed by atoms with E-state index < -0.39 is 18.2 Å². The molecule has 134 valence electrons. The third-order valence-electron chi connectivity index (χ3n) is 3.64. The number of hydrogen-bond donors (Lipinski definition) is 1. The molecular formula is C19H22FNO4. The predicted octanol–water partition coefficient (Wildman–Crippen LogP) is 3.18. The summed E-state index contributed by atoms with van der Waals surface area (Å²) in [6.45, 7) is 2.08. The van der Waals surface area contributed by atoms with E-state index in [0.717, 1.165) is 5.56 Å². The van der Waals surface area contributed by atoms with E-state index in [1.165, 1.54) is 7.11 Å². The number of ether oxygens (including phenoxy) is 3. The number of esters is 1. The van der Waals surface area contributed by atoms with Crippen LogP contribution >= 0.6 is 0 Å². The molecule has 2 N–H and O–H groups in total. The van der Waals surface area contributed by atoms with Gasteiger partial charge < -0.3 is 19.9 Å². The van der Waals surface area contributed by atoms with Crippen molar-refractivity contribution in [1.29, 1.82) is 0 Å². The zero-order chi connectivity index (χ0) is 18.2. The molecule has 2 aromatic carbocycles. The van der Waals surface area contributed by atoms with Gasteiger partial charge in [-0.05, 0) is 30.2 Å². The number of benzene rings is 2. The van der Waals surface area contributed by atoms with Crippen molar-refractivity contribution in [3.63, 3.8) is 0 Å². The molecule has 2 atom stereocenters. The van der Waals surface area contributed by atoms with Crippen molar-refractivity contribution in [3.05, 3.63) is 59.7 Å². The van der Waals surface area contributed by atoms with Crippen LogP contribution in [-0.2, 0) is 16.1 Å². The average Bonchev–Trinajstić information content (AvgIpc) is 2.66. The van der Waals surface area contributed by atoms with Crippen molar-refractivity contribution in [3.8, 4) is 11.5 Å². The second-order valence-corrected chi connectivity index (χ2v) is 5.36. The maximum absolute atomic E-state index is 14.1. The highest BCUT2D eigenvalue weighted by Crippen LogP contribution is 2.31. The van der Waals surface area contributed by atoms with E-state index in [4.69, 9.17) is 15.2 Å². The first-order valence-electron chi connectivity index (χ1n) is 7.97. The van der Waals surface area contributed by atoms with Crippen LogP contribution in [0.1, 0.15) is 24.1 Å². The second kappa shape index (κ2) is 9.03. The van der Waals surface area contributed by atoms with Gasteiger partial charge in [0.25, 0.3) is 0 Å². The highest BCUT2D eigenvalue weighted by atomic mass is 19.1.